The minimum Gasteiger partial charge on any atom is -0.350 e. The summed E-state index contributed by atoms with van der Waals surface area (Å²) in [5, 5.41) is 0.737. The third-order valence-corrected chi connectivity index (χ3v) is 3.45. The number of rotatable bonds is 3. The number of hydrogen-bond donors (Lipinski definition) is 0. The highest BCUT2D eigenvalue weighted by Crippen LogP contribution is 2.22. The molecule has 21 heavy (non-hydrogen) atoms. The minimum absolute atomic E-state index is 0.189. The van der Waals surface area contributed by atoms with E-state index in [9.17, 15) is 14.0 Å². The van der Waals surface area contributed by atoms with Crippen LogP contribution in [0.25, 0.3) is 10.9 Å². The summed E-state index contributed by atoms with van der Waals surface area (Å²) in [7, 11) is 1.82. The van der Waals surface area contributed by atoms with Crippen molar-refractivity contribution in [2.75, 3.05) is 0 Å². The quantitative estimate of drug-likeness (QED) is 0.545. The van der Waals surface area contributed by atoms with Crippen LogP contribution in [-0.2, 0) is 7.05 Å². The van der Waals surface area contributed by atoms with Gasteiger partial charge in [0, 0.05) is 29.7 Å². The fourth-order valence-electron chi connectivity index (χ4n) is 2.38. The van der Waals surface area contributed by atoms with Crippen molar-refractivity contribution in [1.29, 1.82) is 0 Å². The first kappa shape index (κ1) is 13.2. The molecule has 0 radical (unpaired) electrons. The lowest BCUT2D eigenvalue weighted by Crippen LogP contribution is -2.14. The van der Waals surface area contributed by atoms with Crippen molar-refractivity contribution in [3.63, 3.8) is 0 Å². The molecule has 1 aromatic heterocycles. The summed E-state index contributed by atoms with van der Waals surface area (Å²) in [6.07, 6.45) is 1.65. The van der Waals surface area contributed by atoms with Crippen LogP contribution in [-0.4, -0.2) is 16.1 Å². The lowest BCUT2D eigenvalue weighted by molar-refractivity contribution is 0.0817. The van der Waals surface area contributed by atoms with Gasteiger partial charge in [-0.25, -0.2) is 4.39 Å². The number of nitrogens with zero attached hydrogens (tertiary/aromatic N) is 1. The molecule has 0 aliphatic rings. The molecule has 0 saturated carbocycles. The molecule has 0 saturated heterocycles. The molecule has 0 N–H and O–H groups in total. The lowest BCUT2D eigenvalue weighted by Gasteiger charge is -1.99. The Morgan fingerprint density at radius 3 is 2.33 bits per heavy atom. The van der Waals surface area contributed by atoms with E-state index in [1.54, 1.807) is 16.8 Å². The molecular formula is C17H12FNO2. The van der Waals surface area contributed by atoms with Crippen molar-refractivity contribution in [1.82, 2.24) is 4.57 Å². The van der Waals surface area contributed by atoms with E-state index in [0.29, 0.717) is 5.56 Å². The van der Waals surface area contributed by atoms with Crippen LogP contribution in [0.2, 0.25) is 0 Å². The Kier molecular flexibility index (Phi) is 3.14. The first-order valence-electron chi connectivity index (χ1n) is 6.46. The Bertz CT molecular complexity index is 847. The third kappa shape index (κ3) is 2.25. The summed E-state index contributed by atoms with van der Waals surface area (Å²) >= 11 is 0. The van der Waals surface area contributed by atoms with Crippen LogP contribution in [0.1, 0.15) is 20.7 Å². The number of carbonyl (C=O) groups excluding carboxylic acids is 2. The van der Waals surface area contributed by atoms with Crippen LogP contribution in [0.4, 0.5) is 4.39 Å². The maximum Gasteiger partial charge on any atom is 0.235 e. The second-order valence-electron chi connectivity index (χ2n) is 4.84. The van der Waals surface area contributed by atoms with Gasteiger partial charge in [-0.2, -0.15) is 0 Å². The zero-order valence-corrected chi connectivity index (χ0v) is 11.3. The Morgan fingerprint density at radius 1 is 0.952 bits per heavy atom. The van der Waals surface area contributed by atoms with Crippen molar-refractivity contribution >= 4 is 22.5 Å². The molecule has 0 unspecified atom stereocenters. The predicted molar refractivity (Wildman–Crippen MR) is 78.0 cm³/mol. The van der Waals surface area contributed by atoms with Gasteiger partial charge in [0.25, 0.3) is 0 Å². The van der Waals surface area contributed by atoms with Crippen LogP contribution in [0.5, 0.6) is 0 Å². The van der Waals surface area contributed by atoms with E-state index in [0.717, 1.165) is 10.9 Å². The summed E-state index contributed by atoms with van der Waals surface area (Å²) in [6, 6.07) is 12.4. The zero-order chi connectivity index (χ0) is 15.0. The average Bonchev–Trinajstić information content (AvgIpc) is 2.84. The van der Waals surface area contributed by atoms with Crippen LogP contribution >= 0.6 is 0 Å². The number of carbonyl (C=O) groups is 2. The molecule has 0 fully saturated rings. The van der Waals surface area contributed by atoms with Gasteiger partial charge in [0.1, 0.15) is 5.82 Å². The normalized spacial score (nSPS) is 10.8. The first-order chi connectivity index (χ1) is 10.1. The maximum absolute atomic E-state index is 12.9. The van der Waals surface area contributed by atoms with Gasteiger partial charge in [-0.05, 0) is 30.3 Å². The molecule has 0 amide bonds. The second-order valence-corrected chi connectivity index (χ2v) is 4.84. The van der Waals surface area contributed by atoms with E-state index in [1.807, 2.05) is 25.2 Å². The van der Waals surface area contributed by atoms with Gasteiger partial charge in [-0.3, -0.25) is 9.59 Å². The molecular weight excluding hydrogens is 269 g/mol. The topological polar surface area (TPSA) is 39.1 Å². The standard InChI is InChI=1S/C17H12FNO2/c1-19-10-14(13-4-2-3-5-15(13)19)17(21)16(20)11-6-8-12(18)9-7-11/h2-10H,1H3. The van der Waals surface area contributed by atoms with Crippen molar-refractivity contribution < 1.29 is 14.0 Å². The van der Waals surface area contributed by atoms with Gasteiger partial charge in [0.15, 0.2) is 0 Å². The van der Waals surface area contributed by atoms with Gasteiger partial charge in [-0.1, -0.05) is 18.2 Å². The Morgan fingerprint density at radius 2 is 1.62 bits per heavy atom. The Labute approximate surface area is 120 Å². The summed E-state index contributed by atoms with van der Waals surface area (Å²) < 4.78 is 14.7. The fourth-order valence-corrected chi connectivity index (χ4v) is 2.38. The van der Waals surface area contributed by atoms with E-state index < -0.39 is 17.4 Å². The van der Waals surface area contributed by atoms with Crippen LogP contribution in [0.3, 0.4) is 0 Å². The third-order valence-electron chi connectivity index (χ3n) is 3.45. The van der Waals surface area contributed by atoms with Gasteiger partial charge in [0.05, 0.1) is 5.56 Å². The van der Waals surface area contributed by atoms with E-state index in [2.05, 4.69) is 0 Å². The van der Waals surface area contributed by atoms with Crippen LogP contribution < -0.4 is 0 Å². The molecule has 2 aromatic carbocycles. The van der Waals surface area contributed by atoms with Crippen molar-refractivity contribution in [2.45, 2.75) is 0 Å². The largest absolute Gasteiger partial charge is 0.350 e. The molecule has 0 spiro atoms. The number of benzene rings is 2. The Hall–Kier alpha value is -2.75. The molecule has 0 bridgehead atoms. The lowest BCUT2D eigenvalue weighted by atomic mass is 10.0. The number of ketones is 2. The van der Waals surface area contributed by atoms with E-state index in [-0.39, 0.29) is 5.56 Å². The number of hydrogen-bond acceptors (Lipinski definition) is 2. The fraction of sp³-hybridized carbons (Fsp3) is 0.0588. The minimum atomic E-state index is -0.633. The van der Waals surface area contributed by atoms with Crippen molar-refractivity contribution in [3.8, 4) is 0 Å². The second kappa shape index (κ2) is 4.98. The van der Waals surface area contributed by atoms with E-state index >= 15 is 0 Å². The first-order valence-corrected chi connectivity index (χ1v) is 6.46. The molecule has 104 valence electrons. The van der Waals surface area contributed by atoms with Crippen molar-refractivity contribution in [2.24, 2.45) is 7.05 Å². The van der Waals surface area contributed by atoms with E-state index in [1.165, 1.54) is 24.3 Å². The molecule has 0 aliphatic heterocycles. The molecule has 1 heterocycles. The smallest absolute Gasteiger partial charge is 0.235 e. The van der Waals surface area contributed by atoms with Gasteiger partial charge in [0.2, 0.25) is 11.6 Å². The van der Waals surface area contributed by atoms with E-state index in [4.69, 9.17) is 0 Å². The zero-order valence-electron chi connectivity index (χ0n) is 11.3. The highest BCUT2D eigenvalue weighted by atomic mass is 19.1. The number of aryl methyl sites for hydroxylation is 1. The summed E-state index contributed by atoms with van der Waals surface area (Å²) in [5.41, 5.74) is 1.43. The molecule has 3 rings (SSSR count). The highest BCUT2D eigenvalue weighted by molar-refractivity contribution is 6.50. The predicted octanol–water partition coefficient (Wildman–Crippen LogP) is 3.38. The summed E-state index contributed by atoms with van der Waals surface area (Å²) in [6.45, 7) is 0. The highest BCUT2D eigenvalue weighted by Gasteiger charge is 2.22. The molecule has 0 aliphatic carbocycles. The number of para-hydroxylation sites is 1. The summed E-state index contributed by atoms with van der Waals surface area (Å²) in [5.74, 6) is -1.66. The summed E-state index contributed by atoms with van der Waals surface area (Å²) in [4.78, 5) is 24.6. The molecule has 4 heteroatoms. The maximum atomic E-state index is 12.9. The number of aromatic nitrogens is 1. The van der Waals surface area contributed by atoms with Crippen molar-refractivity contribution in [3.05, 3.63) is 71.7 Å². The number of halogens is 1. The number of Topliss-reactive ketones (excluding diaryl/α,β-unsaturated/α-hetero) is 2. The average molecular weight is 281 g/mol. The molecule has 0 atom stereocenters. The van der Waals surface area contributed by atoms with Crippen LogP contribution in [0.15, 0.2) is 54.7 Å². The number of fused-ring (bicyclic) bond motifs is 1. The van der Waals surface area contributed by atoms with Gasteiger partial charge >= 0.3 is 0 Å². The molecule has 3 aromatic rings. The van der Waals surface area contributed by atoms with Gasteiger partial charge < -0.3 is 4.57 Å². The SMILES string of the molecule is Cn1cc(C(=O)C(=O)c2ccc(F)cc2)c2ccccc21. The molecule has 3 nitrogen and oxygen atoms in total. The monoisotopic (exact) mass is 281 g/mol. The Balaban J connectivity index is 2.04. The van der Waals surface area contributed by atoms with Crippen LogP contribution in [0, 0.1) is 5.82 Å². The van der Waals surface area contributed by atoms with Gasteiger partial charge in [-0.15, -0.1) is 0 Å².